The Hall–Kier alpha value is -3.14. The Morgan fingerprint density at radius 1 is 1.06 bits per heavy atom. The van der Waals surface area contributed by atoms with Gasteiger partial charge >= 0.3 is 17.8 Å². The molecule has 2 aromatic carbocycles. The summed E-state index contributed by atoms with van der Waals surface area (Å²) in [5, 5.41) is 3.92. The van der Waals surface area contributed by atoms with Gasteiger partial charge in [-0.1, -0.05) is 17.7 Å². The molecule has 1 atom stereocenters. The SMILES string of the molecule is CCOC(=O)C(NC(=O)c1cccc(Cl)c1)(Nc1ccc(OC)cc1OC)C(F)(F)F. The van der Waals surface area contributed by atoms with E-state index in [0.29, 0.717) is 5.75 Å². The van der Waals surface area contributed by atoms with E-state index >= 15 is 0 Å². The zero-order chi connectivity index (χ0) is 23.2. The van der Waals surface area contributed by atoms with Gasteiger partial charge in [-0.25, -0.2) is 4.79 Å². The van der Waals surface area contributed by atoms with Gasteiger partial charge in [0.05, 0.1) is 26.5 Å². The van der Waals surface area contributed by atoms with Crippen molar-refractivity contribution in [1.82, 2.24) is 5.32 Å². The van der Waals surface area contributed by atoms with E-state index in [2.05, 4.69) is 10.1 Å². The summed E-state index contributed by atoms with van der Waals surface area (Å²) >= 11 is 5.82. The van der Waals surface area contributed by atoms with Crippen LogP contribution in [0, 0.1) is 0 Å². The zero-order valence-electron chi connectivity index (χ0n) is 16.8. The van der Waals surface area contributed by atoms with Crippen LogP contribution < -0.4 is 20.1 Å². The van der Waals surface area contributed by atoms with Crippen LogP contribution in [0.25, 0.3) is 0 Å². The maximum Gasteiger partial charge on any atom is 0.441 e. The Labute approximate surface area is 181 Å². The first-order valence-corrected chi connectivity index (χ1v) is 9.28. The number of methoxy groups -OCH3 is 2. The Morgan fingerprint density at radius 2 is 1.77 bits per heavy atom. The van der Waals surface area contributed by atoms with E-state index in [9.17, 15) is 22.8 Å². The summed E-state index contributed by atoms with van der Waals surface area (Å²) in [6.45, 7) is 0.983. The van der Waals surface area contributed by atoms with Crippen LogP contribution >= 0.6 is 11.6 Å². The van der Waals surface area contributed by atoms with E-state index in [1.807, 2.05) is 0 Å². The van der Waals surface area contributed by atoms with Gasteiger partial charge in [0.25, 0.3) is 5.91 Å². The summed E-state index contributed by atoms with van der Waals surface area (Å²) in [5.74, 6) is -2.71. The molecule has 168 valence electrons. The molecule has 1 amide bonds. The fourth-order valence-corrected chi connectivity index (χ4v) is 2.80. The van der Waals surface area contributed by atoms with E-state index < -0.39 is 23.7 Å². The number of hydrogen-bond donors (Lipinski definition) is 2. The highest BCUT2D eigenvalue weighted by molar-refractivity contribution is 6.31. The quantitative estimate of drug-likeness (QED) is 0.457. The van der Waals surface area contributed by atoms with Gasteiger partial charge in [-0.05, 0) is 37.3 Å². The van der Waals surface area contributed by atoms with E-state index in [0.717, 1.165) is 6.07 Å². The number of halogens is 4. The third-order valence-electron chi connectivity index (χ3n) is 4.13. The van der Waals surface area contributed by atoms with Gasteiger partial charge in [-0.15, -0.1) is 0 Å². The van der Waals surface area contributed by atoms with Gasteiger partial charge in [0, 0.05) is 16.7 Å². The summed E-state index contributed by atoms with van der Waals surface area (Å²) in [7, 11) is 2.59. The van der Waals surface area contributed by atoms with Gasteiger partial charge in [0.1, 0.15) is 11.5 Å². The summed E-state index contributed by atoms with van der Waals surface area (Å²) in [5.41, 5.74) is -4.04. The molecule has 0 aliphatic rings. The third kappa shape index (κ3) is 5.32. The molecule has 0 fully saturated rings. The minimum atomic E-state index is -5.31. The van der Waals surface area contributed by atoms with Crippen molar-refractivity contribution in [1.29, 1.82) is 0 Å². The van der Waals surface area contributed by atoms with Crippen LogP contribution in [0.1, 0.15) is 17.3 Å². The molecule has 31 heavy (non-hydrogen) atoms. The van der Waals surface area contributed by atoms with Crippen LogP contribution in [-0.2, 0) is 9.53 Å². The Balaban J connectivity index is 2.58. The molecule has 0 heterocycles. The second-order valence-corrected chi connectivity index (χ2v) is 6.56. The third-order valence-corrected chi connectivity index (χ3v) is 4.36. The van der Waals surface area contributed by atoms with Crippen LogP contribution in [0.4, 0.5) is 18.9 Å². The van der Waals surface area contributed by atoms with Gasteiger partial charge in [-0.3, -0.25) is 4.79 Å². The second kappa shape index (κ2) is 9.78. The number of rotatable bonds is 8. The van der Waals surface area contributed by atoms with Crippen LogP contribution in [0.5, 0.6) is 11.5 Å². The van der Waals surface area contributed by atoms with Crippen molar-refractivity contribution in [3.8, 4) is 11.5 Å². The maximum absolute atomic E-state index is 14.3. The number of esters is 1. The highest BCUT2D eigenvalue weighted by atomic mass is 35.5. The van der Waals surface area contributed by atoms with Crippen LogP contribution in [0.2, 0.25) is 5.02 Å². The van der Waals surface area contributed by atoms with Crippen molar-refractivity contribution in [3.63, 3.8) is 0 Å². The van der Waals surface area contributed by atoms with Crippen molar-refractivity contribution in [3.05, 3.63) is 53.1 Å². The van der Waals surface area contributed by atoms with Crippen molar-refractivity contribution >= 4 is 29.2 Å². The first kappa shape index (κ1) is 24.1. The Kier molecular flexibility index (Phi) is 7.61. The number of hydrogen-bond acceptors (Lipinski definition) is 6. The molecule has 0 aromatic heterocycles. The highest BCUT2D eigenvalue weighted by Crippen LogP contribution is 2.37. The van der Waals surface area contributed by atoms with E-state index in [1.165, 1.54) is 57.5 Å². The standard InChI is InChI=1S/C20H20ClF3N2O5/c1-4-31-18(28)19(20(22,23)24,26-17(27)12-6-5-7-13(21)10-12)25-15-9-8-14(29-2)11-16(15)30-3/h5-11,25H,4H2,1-3H3,(H,26,27). The summed E-state index contributed by atoms with van der Waals surface area (Å²) < 4.78 is 57.7. The molecule has 0 aliphatic heterocycles. The van der Waals surface area contributed by atoms with Crippen LogP contribution in [0.15, 0.2) is 42.5 Å². The fraction of sp³-hybridized carbons (Fsp3) is 0.300. The minimum absolute atomic E-state index is 0.0609. The number of carbonyl (C=O) groups is 2. The first-order valence-electron chi connectivity index (χ1n) is 8.90. The predicted molar refractivity (Wildman–Crippen MR) is 108 cm³/mol. The molecule has 0 bridgehead atoms. The largest absolute Gasteiger partial charge is 0.497 e. The Morgan fingerprint density at radius 3 is 2.32 bits per heavy atom. The lowest BCUT2D eigenvalue weighted by molar-refractivity contribution is -0.204. The second-order valence-electron chi connectivity index (χ2n) is 6.12. The lowest BCUT2D eigenvalue weighted by atomic mass is 10.1. The molecule has 2 aromatic rings. The van der Waals surface area contributed by atoms with Crippen LogP contribution in [-0.4, -0.2) is 44.5 Å². The maximum atomic E-state index is 14.3. The van der Waals surface area contributed by atoms with E-state index in [4.69, 9.17) is 21.1 Å². The molecular weight excluding hydrogens is 441 g/mol. The molecule has 11 heteroatoms. The lowest BCUT2D eigenvalue weighted by Crippen LogP contribution is -2.69. The van der Waals surface area contributed by atoms with Gasteiger partial charge in [-0.2, -0.15) is 13.2 Å². The minimum Gasteiger partial charge on any atom is -0.497 e. The molecule has 0 spiro atoms. The van der Waals surface area contributed by atoms with E-state index in [-0.39, 0.29) is 28.6 Å². The number of benzene rings is 2. The lowest BCUT2D eigenvalue weighted by Gasteiger charge is -2.35. The molecule has 7 nitrogen and oxygen atoms in total. The zero-order valence-corrected chi connectivity index (χ0v) is 17.6. The van der Waals surface area contributed by atoms with Gasteiger partial charge in [0.2, 0.25) is 0 Å². The summed E-state index contributed by atoms with van der Waals surface area (Å²) in [6.07, 6.45) is -5.31. The number of nitrogens with one attached hydrogen (secondary N) is 2. The Bertz CT molecular complexity index is 955. The fourth-order valence-electron chi connectivity index (χ4n) is 2.61. The number of anilines is 1. The molecule has 0 saturated heterocycles. The average Bonchev–Trinajstić information content (AvgIpc) is 2.72. The highest BCUT2D eigenvalue weighted by Gasteiger charge is 2.64. The smallest absolute Gasteiger partial charge is 0.441 e. The van der Waals surface area contributed by atoms with Crippen molar-refractivity contribution in [2.45, 2.75) is 18.8 Å². The number of amides is 1. The first-order chi connectivity index (χ1) is 14.6. The molecule has 2 rings (SSSR count). The van der Waals surface area contributed by atoms with Crippen LogP contribution in [0.3, 0.4) is 0 Å². The molecule has 2 N–H and O–H groups in total. The molecule has 0 saturated carbocycles. The number of carbonyl (C=O) groups excluding carboxylic acids is 2. The number of alkyl halides is 3. The van der Waals surface area contributed by atoms with Crippen molar-refractivity contribution in [2.75, 3.05) is 26.1 Å². The molecular formula is C20H20ClF3N2O5. The summed E-state index contributed by atoms with van der Waals surface area (Å²) in [6, 6.07) is 9.13. The summed E-state index contributed by atoms with van der Waals surface area (Å²) in [4.78, 5) is 25.2. The molecule has 0 radical (unpaired) electrons. The normalized spacial score (nSPS) is 13.0. The molecule has 1 unspecified atom stereocenters. The monoisotopic (exact) mass is 460 g/mol. The molecule has 0 aliphatic carbocycles. The van der Waals surface area contributed by atoms with Gasteiger partial charge < -0.3 is 24.8 Å². The topological polar surface area (TPSA) is 85.9 Å². The van der Waals surface area contributed by atoms with Crippen molar-refractivity contribution < 1.29 is 37.0 Å². The van der Waals surface area contributed by atoms with E-state index in [1.54, 1.807) is 5.32 Å². The predicted octanol–water partition coefficient (Wildman–Crippen LogP) is 4.02. The number of ether oxygens (including phenoxy) is 3. The average molecular weight is 461 g/mol. The van der Waals surface area contributed by atoms with Gasteiger partial charge in [0.15, 0.2) is 0 Å². The van der Waals surface area contributed by atoms with Crippen molar-refractivity contribution in [2.24, 2.45) is 0 Å².